The summed E-state index contributed by atoms with van der Waals surface area (Å²) in [7, 11) is 0. The van der Waals surface area contributed by atoms with Crippen LogP contribution in [0.1, 0.15) is 12.5 Å². The second kappa shape index (κ2) is 5.64. The molecule has 18 heavy (non-hydrogen) atoms. The highest BCUT2D eigenvalue weighted by Crippen LogP contribution is 2.24. The largest absolute Gasteiger partial charge is 0.465 e. The molecule has 1 aliphatic rings. The number of rotatable bonds is 4. The molecule has 2 atom stereocenters. The fourth-order valence-corrected chi connectivity index (χ4v) is 1.89. The van der Waals surface area contributed by atoms with Crippen molar-refractivity contribution in [3.63, 3.8) is 0 Å². The Labute approximate surface area is 105 Å². The minimum Gasteiger partial charge on any atom is -0.465 e. The molecule has 0 saturated heterocycles. The zero-order valence-electron chi connectivity index (χ0n) is 10.1. The second-order valence-corrected chi connectivity index (χ2v) is 3.90. The van der Waals surface area contributed by atoms with Gasteiger partial charge in [0, 0.05) is 5.56 Å². The maximum atomic E-state index is 11.9. The summed E-state index contributed by atoms with van der Waals surface area (Å²) < 4.78 is 5.00. The van der Waals surface area contributed by atoms with Crippen LogP contribution in [0.25, 0.3) is 0 Å². The van der Waals surface area contributed by atoms with Gasteiger partial charge in [-0.1, -0.05) is 35.5 Å². The van der Waals surface area contributed by atoms with Crippen LogP contribution in [0.15, 0.2) is 35.5 Å². The van der Waals surface area contributed by atoms with E-state index in [0.717, 1.165) is 5.56 Å². The van der Waals surface area contributed by atoms with Crippen LogP contribution in [0.3, 0.4) is 0 Å². The number of esters is 1. The van der Waals surface area contributed by atoms with Crippen LogP contribution in [-0.2, 0) is 14.4 Å². The Kier molecular flexibility index (Phi) is 3.94. The van der Waals surface area contributed by atoms with Gasteiger partial charge >= 0.3 is 5.97 Å². The number of aliphatic hydroxyl groups is 1. The predicted molar refractivity (Wildman–Crippen MR) is 65.1 cm³/mol. The summed E-state index contributed by atoms with van der Waals surface area (Å²) in [4.78, 5) is 17.0. The van der Waals surface area contributed by atoms with Gasteiger partial charge in [-0.3, -0.25) is 4.79 Å². The number of carbonyl (C=O) groups is 1. The molecule has 0 radical (unpaired) electrons. The number of ether oxygens (including phenoxy) is 1. The average Bonchev–Trinajstić information content (AvgIpc) is 2.84. The van der Waals surface area contributed by atoms with Crippen LogP contribution >= 0.6 is 0 Å². The average molecular weight is 249 g/mol. The van der Waals surface area contributed by atoms with Gasteiger partial charge in [0.15, 0.2) is 6.10 Å². The third-order valence-electron chi connectivity index (χ3n) is 2.74. The van der Waals surface area contributed by atoms with Crippen molar-refractivity contribution < 1.29 is 19.5 Å². The molecule has 2 rings (SSSR count). The standard InChI is InChI=1S/C13H15NO4/c1-2-17-13(16)11-10(8-15)18-14-12(11)9-6-4-3-5-7-9/h3-7,10-11,15H,2,8H2,1H3/t10-,11-/m0/s1. The van der Waals surface area contributed by atoms with Crippen LogP contribution in [-0.4, -0.2) is 36.1 Å². The summed E-state index contributed by atoms with van der Waals surface area (Å²) in [6.45, 7) is 1.75. The molecule has 1 N–H and O–H groups in total. The predicted octanol–water partition coefficient (Wildman–Crippen LogP) is 0.961. The van der Waals surface area contributed by atoms with Crippen molar-refractivity contribution >= 4 is 11.7 Å². The molecule has 0 unspecified atom stereocenters. The van der Waals surface area contributed by atoms with E-state index in [1.54, 1.807) is 6.92 Å². The fraction of sp³-hybridized carbons (Fsp3) is 0.385. The van der Waals surface area contributed by atoms with Gasteiger partial charge < -0.3 is 14.7 Å². The third-order valence-corrected chi connectivity index (χ3v) is 2.74. The van der Waals surface area contributed by atoms with Crippen molar-refractivity contribution in [2.45, 2.75) is 13.0 Å². The summed E-state index contributed by atoms with van der Waals surface area (Å²) >= 11 is 0. The van der Waals surface area contributed by atoms with Crippen molar-refractivity contribution in [1.29, 1.82) is 0 Å². The Morgan fingerprint density at radius 3 is 2.78 bits per heavy atom. The maximum absolute atomic E-state index is 11.9. The van der Waals surface area contributed by atoms with E-state index < -0.39 is 18.0 Å². The van der Waals surface area contributed by atoms with Gasteiger partial charge in [-0.25, -0.2) is 0 Å². The zero-order valence-corrected chi connectivity index (χ0v) is 10.1. The van der Waals surface area contributed by atoms with Gasteiger partial charge in [0.2, 0.25) is 0 Å². The van der Waals surface area contributed by atoms with Gasteiger partial charge in [-0.05, 0) is 6.92 Å². The summed E-state index contributed by atoms with van der Waals surface area (Å²) in [6.07, 6.45) is -0.667. The lowest BCUT2D eigenvalue weighted by atomic mass is 9.93. The third kappa shape index (κ3) is 2.36. The van der Waals surface area contributed by atoms with Crippen LogP contribution in [0.2, 0.25) is 0 Å². The van der Waals surface area contributed by atoms with Crippen molar-refractivity contribution in [2.24, 2.45) is 11.1 Å². The molecule has 0 spiro atoms. The molecule has 0 fully saturated rings. The lowest BCUT2D eigenvalue weighted by molar-refractivity contribution is -0.149. The van der Waals surface area contributed by atoms with Gasteiger partial charge in [-0.2, -0.15) is 0 Å². The summed E-state index contributed by atoms with van der Waals surface area (Å²) in [5.74, 6) is -1.09. The van der Waals surface area contributed by atoms with Crippen molar-refractivity contribution in [2.75, 3.05) is 13.2 Å². The minimum absolute atomic E-state index is 0.274. The van der Waals surface area contributed by atoms with Crippen molar-refractivity contribution in [3.05, 3.63) is 35.9 Å². The summed E-state index contributed by atoms with van der Waals surface area (Å²) in [5, 5.41) is 13.1. The van der Waals surface area contributed by atoms with E-state index in [4.69, 9.17) is 9.57 Å². The highest BCUT2D eigenvalue weighted by molar-refractivity contribution is 6.12. The van der Waals surface area contributed by atoms with Gasteiger partial charge in [0.25, 0.3) is 0 Å². The molecule has 0 amide bonds. The van der Waals surface area contributed by atoms with Crippen molar-refractivity contribution in [3.8, 4) is 0 Å². The molecule has 0 aromatic heterocycles. The monoisotopic (exact) mass is 249 g/mol. The molecule has 1 aromatic carbocycles. The Bertz CT molecular complexity index is 444. The SMILES string of the molecule is CCOC(=O)[C@@H]1C(c2ccccc2)=NO[C@H]1CO. The molecule has 1 aliphatic heterocycles. The number of hydrogen-bond donors (Lipinski definition) is 1. The molecule has 0 saturated carbocycles. The minimum atomic E-state index is -0.669. The Morgan fingerprint density at radius 1 is 1.44 bits per heavy atom. The Morgan fingerprint density at radius 2 is 2.17 bits per heavy atom. The smallest absolute Gasteiger partial charge is 0.319 e. The first-order chi connectivity index (χ1) is 8.77. The van der Waals surface area contributed by atoms with E-state index in [1.807, 2.05) is 30.3 Å². The van der Waals surface area contributed by atoms with Crippen LogP contribution in [0.5, 0.6) is 0 Å². The summed E-state index contributed by atoms with van der Waals surface area (Å²) in [5.41, 5.74) is 1.31. The number of benzene rings is 1. The molecule has 5 nitrogen and oxygen atoms in total. The second-order valence-electron chi connectivity index (χ2n) is 3.90. The maximum Gasteiger partial charge on any atom is 0.319 e. The highest BCUT2D eigenvalue weighted by Gasteiger charge is 2.41. The number of hydrogen-bond acceptors (Lipinski definition) is 5. The zero-order chi connectivity index (χ0) is 13.0. The van der Waals surface area contributed by atoms with Gasteiger partial charge in [0.1, 0.15) is 11.6 Å². The fourth-order valence-electron chi connectivity index (χ4n) is 1.89. The van der Waals surface area contributed by atoms with E-state index in [-0.39, 0.29) is 13.2 Å². The summed E-state index contributed by atoms with van der Waals surface area (Å²) in [6, 6.07) is 9.27. The van der Waals surface area contributed by atoms with Crippen LogP contribution < -0.4 is 0 Å². The normalized spacial score (nSPS) is 22.2. The van der Waals surface area contributed by atoms with Gasteiger partial charge in [0.05, 0.1) is 13.2 Å². The molecule has 0 aliphatic carbocycles. The molecule has 5 heteroatoms. The van der Waals surface area contributed by atoms with E-state index in [1.165, 1.54) is 0 Å². The van der Waals surface area contributed by atoms with Gasteiger partial charge in [-0.15, -0.1) is 0 Å². The first-order valence-electron chi connectivity index (χ1n) is 5.84. The Hall–Kier alpha value is -1.88. The molecular formula is C13H15NO4. The Balaban J connectivity index is 2.26. The van der Waals surface area contributed by atoms with Crippen molar-refractivity contribution in [1.82, 2.24) is 0 Å². The number of nitrogens with zero attached hydrogens (tertiary/aromatic N) is 1. The lowest BCUT2D eigenvalue weighted by Gasteiger charge is -2.15. The van der Waals surface area contributed by atoms with E-state index in [0.29, 0.717) is 5.71 Å². The van der Waals surface area contributed by atoms with Crippen LogP contribution in [0.4, 0.5) is 0 Å². The van der Waals surface area contributed by atoms with E-state index in [2.05, 4.69) is 5.16 Å². The molecular weight excluding hydrogens is 234 g/mol. The van der Waals surface area contributed by atoms with E-state index >= 15 is 0 Å². The van der Waals surface area contributed by atoms with Crippen LogP contribution in [0, 0.1) is 5.92 Å². The first-order valence-corrected chi connectivity index (χ1v) is 5.84. The number of oxime groups is 1. The lowest BCUT2D eigenvalue weighted by Crippen LogP contribution is -2.35. The molecule has 1 aromatic rings. The highest BCUT2D eigenvalue weighted by atomic mass is 16.7. The molecule has 96 valence electrons. The topological polar surface area (TPSA) is 68.1 Å². The van der Waals surface area contributed by atoms with E-state index in [9.17, 15) is 9.90 Å². The quantitative estimate of drug-likeness (QED) is 0.807. The molecule has 1 heterocycles. The number of carbonyl (C=O) groups excluding carboxylic acids is 1. The molecule has 0 bridgehead atoms. The number of aliphatic hydroxyl groups excluding tert-OH is 1. The first kappa shape index (κ1) is 12.6.